The Kier molecular flexibility index (Phi) is 5.92. The molecular formula is C12H17Cl2NO2S. The van der Waals surface area contributed by atoms with Gasteiger partial charge in [0.2, 0.25) is 0 Å². The molecule has 0 radical (unpaired) electrons. The van der Waals surface area contributed by atoms with Crippen molar-refractivity contribution >= 4 is 33.0 Å². The van der Waals surface area contributed by atoms with E-state index in [1.165, 1.54) is 6.26 Å². The highest BCUT2D eigenvalue weighted by Crippen LogP contribution is 2.25. The van der Waals surface area contributed by atoms with Gasteiger partial charge in [0.1, 0.15) is 9.84 Å². The topological polar surface area (TPSA) is 46.2 Å². The molecule has 1 N–H and O–H groups in total. The fraction of sp³-hybridized carbons (Fsp3) is 0.500. The molecule has 6 heteroatoms. The molecule has 0 aliphatic rings. The molecule has 0 aliphatic heterocycles. The number of nitrogens with one attached hydrogen (secondary N) is 1. The Balaban J connectivity index is 2.90. The van der Waals surface area contributed by atoms with Gasteiger partial charge in [0.15, 0.2) is 0 Å². The molecule has 0 spiro atoms. The van der Waals surface area contributed by atoms with Crippen LogP contribution in [-0.2, 0) is 16.3 Å². The zero-order valence-corrected chi connectivity index (χ0v) is 12.7. The quantitative estimate of drug-likeness (QED) is 0.878. The third-order valence-electron chi connectivity index (χ3n) is 2.51. The molecule has 1 rings (SSSR count). The van der Waals surface area contributed by atoms with Crippen LogP contribution >= 0.6 is 23.2 Å². The molecule has 0 aromatic heterocycles. The van der Waals surface area contributed by atoms with Crippen molar-refractivity contribution in [2.45, 2.75) is 19.4 Å². The van der Waals surface area contributed by atoms with E-state index in [4.69, 9.17) is 23.2 Å². The average molecular weight is 310 g/mol. The Labute approximate surface area is 118 Å². The van der Waals surface area contributed by atoms with Crippen LogP contribution in [0.2, 0.25) is 10.0 Å². The summed E-state index contributed by atoms with van der Waals surface area (Å²) in [6.45, 7) is 2.63. The molecule has 18 heavy (non-hydrogen) atoms. The lowest BCUT2D eigenvalue weighted by Gasteiger charge is -2.18. The van der Waals surface area contributed by atoms with Crippen LogP contribution in [0, 0.1) is 0 Å². The van der Waals surface area contributed by atoms with Gasteiger partial charge in [0.05, 0.1) is 5.75 Å². The van der Waals surface area contributed by atoms with Gasteiger partial charge in [0, 0.05) is 22.3 Å². The highest BCUT2D eigenvalue weighted by molar-refractivity contribution is 7.90. The molecule has 0 saturated heterocycles. The number of hydrogen-bond donors (Lipinski definition) is 1. The minimum absolute atomic E-state index is 0.0718. The molecule has 0 fully saturated rings. The second-order valence-corrected chi connectivity index (χ2v) is 7.25. The Morgan fingerprint density at radius 3 is 2.28 bits per heavy atom. The maximum atomic E-state index is 11.4. The fourth-order valence-electron chi connectivity index (χ4n) is 1.82. The summed E-state index contributed by atoms with van der Waals surface area (Å²) in [6, 6.07) is 5.10. The van der Waals surface area contributed by atoms with E-state index in [0.717, 1.165) is 5.56 Å². The van der Waals surface area contributed by atoms with Crippen LogP contribution in [0.15, 0.2) is 18.2 Å². The number of benzene rings is 1. The van der Waals surface area contributed by atoms with E-state index in [2.05, 4.69) is 5.32 Å². The number of halogens is 2. The molecule has 1 atom stereocenters. The van der Waals surface area contributed by atoms with Gasteiger partial charge in [0.25, 0.3) is 0 Å². The van der Waals surface area contributed by atoms with Crippen LogP contribution in [0.25, 0.3) is 0 Å². The summed E-state index contributed by atoms with van der Waals surface area (Å²) in [7, 11) is -3.04. The predicted octanol–water partition coefficient (Wildman–Crippen LogP) is 2.56. The van der Waals surface area contributed by atoms with E-state index in [-0.39, 0.29) is 11.8 Å². The second kappa shape index (κ2) is 6.75. The van der Waals surface area contributed by atoms with Crippen molar-refractivity contribution in [2.75, 3.05) is 18.6 Å². The molecule has 0 aliphatic carbocycles. The fourth-order valence-corrected chi connectivity index (χ4v) is 3.34. The molecule has 1 unspecified atom stereocenters. The van der Waals surface area contributed by atoms with Crippen LogP contribution in [0.3, 0.4) is 0 Å². The first kappa shape index (κ1) is 15.8. The summed E-state index contributed by atoms with van der Waals surface area (Å²) in [6.07, 6.45) is 1.73. The van der Waals surface area contributed by atoms with Crippen molar-refractivity contribution in [2.24, 2.45) is 0 Å². The van der Waals surface area contributed by atoms with Gasteiger partial charge in [-0.05, 0) is 30.7 Å². The van der Waals surface area contributed by atoms with E-state index in [9.17, 15) is 8.42 Å². The molecule has 102 valence electrons. The maximum absolute atomic E-state index is 11.4. The molecule has 0 amide bonds. The predicted molar refractivity (Wildman–Crippen MR) is 77.3 cm³/mol. The Hall–Kier alpha value is -0.290. The highest BCUT2D eigenvalue weighted by Gasteiger charge is 2.17. The average Bonchev–Trinajstić information content (AvgIpc) is 2.21. The van der Waals surface area contributed by atoms with Crippen LogP contribution in [0.5, 0.6) is 0 Å². The summed E-state index contributed by atoms with van der Waals surface area (Å²) >= 11 is 12.2. The van der Waals surface area contributed by atoms with E-state index in [1.807, 2.05) is 6.92 Å². The van der Waals surface area contributed by atoms with Crippen molar-refractivity contribution < 1.29 is 8.42 Å². The third-order valence-corrected chi connectivity index (χ3v) is 4.23. The molecule has 1 aromatic rings. The van der Waals surface area contributed by atoms with Crippen molar-refractivity contribution in [1.29, 1.82) is 0 Å². The van der Waals surface area contributed by atoms with E-state index >= 15 is 0 Å². The van der Waals surface area contributed by atoms with E-state index in [0.29, 0.717) is 23.0 Å². The first-order valence-electron chi connectivity index (χ1n) is 5.67. The largest absolute Gasteiger partial charge is 0.313 e. The van der Waals surface area contributed by atoms with Gasteiger partial charge >= 0.3 is 0 Å². The van der Waals surface area contributed by atoms with E-state index in [1.54, 1.807) is 18.2 Å². The maximum Gasteiger partial charge on any atom is 0.148 e. The standard InChI is InChI=1S/C12H17Cl2NO2S/c1-3-15-9(8-18(2,16)17)7-10-11(13)5-4-6-12(10)14/h4-6,9,15H,3,7-8H2,1-2H3. The zero-order valence-electron chi connectivity index (χ0n) is 10.4. The summed E-state index contributed by atoms with van der Waals surface area (Å²) in [4.78, 5) is 0. The second-order valence-electron chi connectivity index (χ2n) is 4.25. The Morgan fingerprint density at radius 2 is 1.83 bits per heavy atom. The van der Waals surface area contributed by atoms with E-state index < -0.39 is 9.84 Å². The summed E-state index contributed by atoms with van der Waals surface area (Å²) < 4.78 is 22.7. The summed E-state index contributed by atoms with van der Waals surface area (Å²) in [5.41, 5.74) is 0.787. The van der Waals surface area contributed by atoms with Gasteiger partial charge in [-0.3, -0.25) is 0 Å². The van der Waals surface area contributed by atoms with Crippen molar-refractivity contribution in [3.63, 3.8) is 0 Å². The van der Waals surface area contributed by atoms with Gasteiger partial charge < -0.3 is 5.32 Å². The third kappa shape index (κ3) is 5.14. The molecular weight excluding hydrogens is 293 g/mol. The van der Waals surface area contributed by atoms with Crippen LogP contribution < -0.4 is 5.32 Å². The summed E-state index contributed by atoms with van der Waals surface area (Å²) in [5, 5.41) is 4.28. The minimum Gasteiger partial charge on any atom is -0.313 e. The Morgan fingerprint density at radius 1 is 1.28 bits per heavy atom. The SMILES string of the molecule is CCNC(Cc1c(Cl)cccc1Cl)CS(C)(=O)=O. The van der Waals surface area contributed by atoms with Gasteiger partial charge in [-0.1, -0.05) is 36.2 Å². The first-order chi connectivity index (χ1) is 8.33. The van der Waals surface area contributed by atoms with Crippen LogP contribution in [-0.4, -0.2) is 33.0 Å². The Bertz CT molecular complexity index is 483. The summed E-state index contributed by atoms with van der Waals surface area (Å²) in [5.74, 6) is 0.0718. The zero-order chi connectivity index (χ0) is 13.8. The monoisotopic (exact) mass is 309 g/mol. The van der Waals surface area contributed by atoms with Gasteiger partial charge in [-0.2, -0.15) is 0 Å². The van der Waals surface area contributed by atoms with Crippen molar-refractivity contribution in [1.82, 2.24) is 5.32 Å². The normalized spacial score (nSPS) is 13.6. The molecule has 0 saturated carbocycles. The first-order valence-corrected chi connectivity index (χ1v) is 8.49. The molecule has 1 aromatic carbocycles. The number of hydrogen-bond acceptors (Lipinski definition) is 3. The molecule has 0 heterocycles. The van der Waals surface area contributed by atoms with Gasteiger partial charge in [-0.25, -0.2) is 8.42 Å². The van der Waals surface area contributed by atoms with Crippen molar-refractivity contribution in [3.8, 4) is 0 Å². The highest BCUT2D eigenvalue weighted by atomic mass is 35.5. The molecule has 0 bridgehead atoms. The number of rotatable bonds is 6. The number of sulfone groups is 1. The minimum atomic E-state index is -3.04. The smallest absolute Gasteiger partial charge is 0.148 e. The lowest BCUT2D eigenvalue weighted by atomic mass is 10.1. The lowest BCUT2D eigenvalue weighted by molar-refractivity contribution is 0.545. The van der Waals surface area contributed by atoms with Crippen LogP contribution in [0.1, 0.15) is 12.5 Å². The van der Waals surface area contributed by atoms with Crippen LogP contribution in [0.4, 0.5) is 0 Å². The number of likely N-dealkylation sites (N-methyl/N-ethyl adjacent to an activating group) is 1. The van der Waals surface area contributed by atoms with Crippen molar-refractivity contribution in [3.05, 3.63) is 33.8 Å². The molecule has 3 nitrogen and oxygen atoms in total. The lowest BCUT2D eigenvalue weighted by Crippen LogP contribution is -2.37. The van der Waals surface area contributed by atoms with Gasteiger partial charge in [-0.15, -0.1) is 0 Å².